The Morgan fingerprint density at radius 1 is 1.50 bits per heavy atom. The summed E-state index contributed by atoms with van der Waals surface area (Å²) < 4.78 is 26.9. The summed E-state index contributed by atoms with van der Waals surface area (Å²) in [6.07, 6.45) is 2.45. The number of nitrogens with one attached hydrogen (secondary N) is 2. The molecule has 18 heavy (non-hydrogen) atoms. The standard InChI is InChI=1S/C11H17N3O2S.ClH/c1-9(11-4-2-3-6-13-11)17(15,16)14-10-5-7-12-8-10;/h2-4,6,9-10,12,14H,5,7-8H2,1H3;1H/t9?,10-;/m0./s1. The van der Waals surface area contributed by atoms with E-state index in [0.29, 0.717) is 12.2 Å². The summed E-state index contributed by atoms with van der Waals surface area (Å²) in [5, 5.41) is 2.51. The van der Waals surface area contributed by atoms with Crippen LogP contribution < -0.4 is 10.0 Å². The first-order valence-corrected chi connectivity index (χ1v) is 7.27. The van der Waals surface area contributed by atoms with Crippen LogP contribution in [0.2, 0.25) is 0 Å². The molecule has 0 spiro atoms. The van der Waals surface area contributed by atoms with E-state index in [9.17, 15) is 8.42 Å². The molecular weight excluding hydrogens is 274 g/mol. The second-order valence-corrected chi connectivity index (χ2v) is 6.28. The van der Waals surface area contributed by atoms with Gasteiger partial charge in [0.25, 0.3) is 0 Å². The van der Waals surface area contributed by atoms with Crippen molar-refractivity contribution in [3.63, 3.8) is 0 Å². The van der Waals surface area contributed by atoms with Gasteiger partial charge in [-0.15, -0.1) is 12.4 Å². The first kappa shape index (κ1) is 15.4. The Morgan fingerprint density at radius 2 is 2.28 bits per heavy atom. The molecule has 7 heteroatoms. The summed E-state index contributed by atoms with van der Waals surface area (Å²) in [5.41, 5.74) is 0.575. The van der Waals surface area contributed by atoms with Gasteiger partial charge in [0.15, 0.2) is 0 Å². The molecule has 1 fully saturated rings. The molecule has 1 aromatic rings. The van der Waals surface area contributed by atoms with Gasteiger partial charge in [0.05, 0.1) is 5.69 Å². The van der Waals surface area contributed by atoms with Crippen LogP contribution in [0, 0.1) is 0 Å². The minimum absolute atomic E-state index is 0. The van der Waals surface area contributed by atoms with Gasteiger partial charge in [-0.1, -0.05) is 6.07 Å². The number of sulfonamides is 1. The fraction of sp³-hybridized carbons (Fsp3) is 0.545. The number of nitrogens with zero attached hydrogens (tertiary/aromatic N) is 1. The molecule has 0 saturated carbocycles. The maximum Gasteiger partial charge on any atom is 0.220 e. The lowest BCUT2D eigenvalue weighted by atomic mass is 10.3. The quantitative estimate of drug-likeness (QED) is 0.863. The number of hydrogen-bond donors (Lipinski definition) is 2. The number of rotatable bonds is 4. The van der Waals surface area contributed by atoms with Gasteiger partial charge in [0.2, 0.25) is 10.0 Å². The zero-order chi connectivity index (χ0) is 12.3. The van der Waals surface area contributed by atoms with Crippen molar-refractivity contribution < 1.29 is 8.42 Å². The molecule has 1 saturated heterocycles. The molecule has 0 amide bonds. The number of pyridine rings is 1. The first-order chi connectivity index (χ1) is 8.09. The molecule has 2 atom stereocenters. The molecule has 102 valence electrons. The number of aromatic nitrogens is 1. The minimum Gasteiger partial charge on any atom is -0.315 e. The van der Waals surface area contributed by atoms with E-state index in [2.05, 4.69) is 15.0 Å². The van der Waals surface area contributed by atoms with Gasteiger partial charge >= 0.3 is 0 Å². The van der Waals surface area contributed by atoms with Gasteiger partial charge in [-0.3, -0.25) is 4.98 Å². The third-order valence-corrected chi connectivity index (χ3v) is 4.80. The van der Waals surface area contributed by atoms with Gasteiger partial charge < -0.3 is 5.32 Å². The Kier molecular flexibility index (Phi) is 5.52. The summed E-state index contributed by atoms with van der Waals surface area (Å²) in [7, 11) is -3.35. The molecule has 0 bridgehead atoms. The normalized spacial score (nSPS) is 21.3. The van der Waals surface area contributed by atoms with Gasteiger partial charge in [0.1, 0.15) is 5.25 Å². The highest BCUT2D eigenvalue weighted by Crippen LogP contribution is 2.19. The van der Waals surface area contributed by atoms with Crippen LogP contribution in [0.5, 0.6) is 0 Å². The summed E-state index contributed by atoms with van der Waals surface area (Å²) in [6, 6.07) is 5.31. The number of hydrogen-bond acceptors (Lipinski definition) is 4. The Hall–Kier alpha value is -0.690. The van der Waals surface area contributed by atoms with Crippen molar-refractivity contribution in [2.45, 2.75) is 24.6 Å². The second kappa shape index (κ2) is 6.47. The highest BCUT2D eigenvalue weighted by atomic mass is 35.5. The molecule has 2 N–H and O–H groups in total. The maximum atomic E-state index is 12.1. The molecule has 0 aromatic carbocycles. The van der Waals surface area contributed by atoms with Crippen LogP contribution in [0.15, 0.2) is 24.4 Å². The van der Waals surface area contributed by atoms with Gasteiger partial charge in [-0.05, 0) is 32.0 Å². The number of halogens is 1. The largest absolute Gasteiger partial charge is 0.315 e. The second-order valence-electron chi connectivity index (χ2n) is 4.25. The van der Waals surface area contributed by atoms with Crippen molar-refractivity contribution in [1.82, 2.24) is 15.0 Å². The van der Waals surface area contributed by atoms with Gasteiger partial charge in [-0.2, -0.15) is 0 Å². The molecular formula is C11H18ClN3O2S. The molecule has 1 aliphatic rings. The van der Waals surface area contributed by atoms with Crippen molar-refractivity contribution in [2.75, 3.05) is 13.1 Å². The molecule has 0 radical (unpaired) electrons. The predicted molar refractivity (Wildman–Crippen MR) is 73.2 cm³/mol. The van der Waals surface area contributed by atoms with Crippen LogP contribution in [0.3, 0.4) is 0 Å². The summed E-state index contributed by atoms with van der Waals surface area (Å²) in [6.45, 7) is 3.23. The van der Waals surface area contributed by atoms with Crippen LogP contribution in [0.1, 0.15) is 24.3 Å². The zero-order valence-electron chi connectivity index (χ0n) is 10.2. The molecule has 2 heterocycles. The third-order valence-electron chi connectivity index (χ3n) is 2.96. The van der Waals surface area contributed by atoms with Crippen LogP contribution in [-0.2, 0) is 10.0 Å². The van der Waals surface area contributed by atoms with Crippen molar-refractivity contribution in [3.05, 3.63) is 30.1 Å². The lowest BCUT2D eigenvalue weighted by Crippen LogP contribution is -2.38. The summed E-state index contributed by atoms with van der Waals surface area (Å²) >= 11 is 0. The predicted octanol–water partition coefficient (Wildman–Crippen LogP) is 0.846. The Morgan fingerprint density at radius 3 is 2.83 bits per heavy atom. The molecule has 5 nitrogen and oxygen atoms in total. The summed E-state index contributed by atoms with van der Waals surface area (Å²) in [5.74, 6) is 0. The zero-order valence-corrected chi connectivity index (χ0v) is 11.8. The van der Waals surface area contributed by atoms with Crippen molar-refractivity contribution in [1.29, 1.82) is 0 Å². The van der Waals surface area contributed by atoms with E-state index in [1.54, 1.807) is 31.3 Å². The topological polar surface area (TPSA) is 71.1 Å². The van der Waals surface area contributed by atoms with Crippen molar-refractivity contribution in [2.24, 2.45) is 0 Å². The van der Waals surface area contributed by atoms with E-state index in [1.807, 2.05) is 0 Å². The Balaban J connectivity index is 0.00000162. The Bertz CT molecular complexity index is 460. The lowest BCUT2D eigenvalue weighted by molar-refractivity contribution is 0.549. The van der Waals surface area contributed by atoms with Crippen LogP contribution in [0.4, 0.5) is 0 Å². The first-order valence-electron chi connectivity index (χ1n) is 5.72. The molecule has 0 aliphatic carbocycles. The van der Waals surface area contributed by atoms with Crippen LogP contribution >= 0.6 is 12.4 Å². The van der Waals surface area contributed by atoms with E-state index in [0.717, 1.165) is 13.0 Å². The highest BCUT2D eigenvalue weighted by Gasteiger charge is 2.27. The maximum absolute atomic E-state index is 12.1. The van der Waals surface area contributed by atoms with E-state index in [1.165, 1.54) is 0 Å². The lowest BCUT2D eigenvalue weighted by Gasteiger charge is -2.16. The Labute approximate surface area is 114 Å². The van der Waals surface area contributed by atoms with E-state index in [-0.39, 0.29) is 18.4 Å². The molecule has 2 rings (SSSR count). The van der Waals surface area contributed by atoms with E-state index in [4.69, 9.17) is 0 Å². The minimum atomic E-state index is -3.35. The fourth-order valence-corrected chi connectivity index (χ4v) is 3.19. The van der Waals surface area contributed by atoms with Crippen LogP contribution in [-0.4, -0.2) is 32.5 Å². The average molecular weight is 292 g/mol. The van der Waals surface area contributed by atoms with Gasteiger partial charge in [0, 0.05) is 18.8 Å². The van der Waals surface area contributed by atoms with E-state index < -0.39 is 15.3 Å². The monoisotopic (exact) mass is 291 g/mol. The van der Waals surface area contributed by atoms with E-state index >= 15 is 0 Å². The third kappa shape index (κ3) is 3.65. The van der Waals surface area contributed by atoms with Gasteiger partial charge in [-0.25, -0.2) is 13.1 Å². The highest BCUT2D eigenvalue weighted by molar-refractivity contribution is 7.89. The fourth-order valence-electron chi connectivity index (χ4n) is 1.87. The smallest absolute Gasteiger partial charge is 0.220 e. The van der Waals surface area contributed by atoms with Crippen LogP contribution in [0.25, 0.3) is 0 Å². The molecule has 1 unspecified atom stereocenters. The summed E-state index contributed by atoms with van der Waals surface area (Å²) in [4.78, 5) is 4.08. The SMILES string of the molecule is CC(c1ccccn1)S(=O)(=O)N[C@H]1CCNC1.Cl. The van der Waals surface area contributed by atoms with Crippen molar-refractivity contribution in [3.8, 4) is 0 Å². The van der Waals surface area contributed by atoms with Crippen molar-refractivity contribution >= 4 is 22.4 Å². The average Bonchev–Trinajstić information content (AvgIpc) is 2.81. The molecule has 1 aliphatic heterocycles. The molecule has 1 aromatic heterocycles.